The maximum atomic E-state index is 5.79. The number of nitrogens with zero attached hydrogens (tertiary/aromatic N) is 2. The zero-order valence-corrected chi connectivity index (χ0v) is 7.20. The first-order chi connectivity index (χ1) is 5.72. The fourth-order valence-electron chi connectivity index (χ4n) is 1.42. The minimum Gasteiger partial charge on any atom is -0.337 e. The molecule has 0 bridgehead atoms. The van der Waals surface area contributed by atoms with Gasteiger partial charge in [0.15, 0.2) is 5.65 Å². The lowest BCUT2D eigenvalue weighted by atomic mass is 10.2. The zero-order valence-electron chi connectivity index (χ0n) is 7.20. The van der Waals surface area contributed by atoms with Gasteiger partial charge in [-0.2, -0.15) is 0 Å². The molecule has 2 aromatic heterocycles. The quantitative estimate of drug-likeness (QED) is 0.593. The predicted molar refractivity (Wildman–Crippen MR) is 49.4 cm³/mol. The number of pyridine rings is 1. The van der Waals surface area contributed by atoms with Crippen molar-refractivity contribution in [3.63, 3.8) is 0 Å². The van der Waals surface area contributed by atoms with Crippen molar-refractivity contribution in [1.82, 2.24) is 9.66 Å². The molecular weight excluding hydrogens is 150 g/mol. The maximum absolute atomic E-state index is 5.79. The molecule has 3 heteroatoms. The third-order valence-corrected chi connectivity index (χ3v) is 2.32. The molecule has 12 heavy (non-hydrogen) atoms. The van der Waals surface area contributed by atoms with Crippen LogP contribution in [0.15, 0.2) is 18.3 Å². The Labute approximate surface area is 70.8 Å². The largest absolute Gasteiger partial charge is 0.337 e. The molecule has 0 spiro atoms. The van der Waals surface area contributed by atoms with Crippen LogP contribution in [-0.4, -0.2) is 9.66 Å². The molecule has 0 radical (unpaired) electrons. The summed E-state index contributed by atoms with van der Waals surface area (Å²) in [4.78, 5) is 4.20. The summed E-state index contributed by atoms with van der Waals surface area (Å²) in [6.45, 7) is 4.06. The van der Waals surface area contributed by atoms with Gasteiger partial charge in [-0.3, -0.25) is 0 Å². The van der Waals surface area contributed by atoms with Crippen LogP contribution in [0.4, 0.5) is 0 Å². The summed E-state index contributed by atoms with van der Waals surface area (Å²) in [5.74, 6) is 5.79. The molecule has 2 N–H and O–H groups in total. The highest BCUT2D eigenvalue weighted by atomic mass is 15.3. The van der Waals surface area contributed by atoms with Gasteiger partial charge in [0, 0.05) is 17.3 Å². The van der Waals surface area contributed by atoms with Crippen LogP contribution in [0.1, 0.15) is 11.3 Å². The molecule has 0 amide bonds. The van der Waals surface area contributed by atoms with Crippen LogP contribution in [0.5, 0.6) is 0 Å². The number of nitrogen functional groups attached to an aromatic ring is 1. The van der Waals surface area contributed by atoms with Crippen molar-refractivity contribution in [2.75, 3.05) is 5.84 Å². The molecule has 0 aliphatic heterocycles. The van der Waals surface area contributed by atoms with E-state index in [0.29, 0.717) is 0 Å². The molecule has 0 aromatic carbocycles. The Morgan fingerprint density at radius 2 is 2.17 bits per heavy atom. The van der Waals surface area contributed by atoms with Gasteiger partial charge in [-0.15, -0.1) is 0 Å². The second-order valence-corrected chi connectivity index (χ2v) is 2.95. The van der Waals surface area contributed by atoms with Crippen molar-refractivity contribution < 1.29 is 0 Å². The van der Waals surface area contributed by atoms with Crippen LogP contribution in [0.3, 0.4) is 0 Å². The zero-order chi connectivity index (χ0) is 8.72. The molecule has 0 fully saturated rings. The number of aromatic nitrogens is 2. The van der Waals surface area contributed by atoms with E-state index in [9.17, 15) is 0 Å². The number of nitrogens with two attached hydrogens (primary N) is 1. The molecule has 0 unspecified atom stereocenters. The van der Waals surface area contributed by atoms with Gasteiger partial charge in [0.2, 0.25) is 0 Å². The first kappa shape index (κ1) is 7.16. The smallest absolute Gasteiger partial charge is 0.158 e. The van der Waals surface area contributed by atoms with E-state index in [1.54, 1.807) is 10.9 Å². The van der Waals surface area contributed by atoms with E-state index >= 15 is 0 Å². The van der Waals surface area contributed by atoms with Gasteiger partial charge < -0.3 is 5.84 Å². The van der Waals surface area contributed by atoms with Gasteiger partial charge in [0.25, 0.3) is 0 Å². The molecule has 0 aliphatic rings. The van der Waals surface area contributed by atoms with Crippen LogP contribution in [0.2, 0.25) is 0 Å². The Kier molecular flexibility index (Phi) is 1.33. The number of aryl methyl sites for hydroxylation is 1. The number of hydrogen-bond acceptors (Lipinski definition) is 2. The average Bonchev–Trinajstić information content (AvgIpc) is 2.33. The Hall–Kier alpha value is -1.51. The van der Waals surface area contributed by atoms with Crippen molar-refractivity contribution in [3.05, 3.63) is 29.6 Å². The number of hydrogen-bond donors (Lipinski definition) is 1. The average molecular weight is 161 g/mol. The second-order valence-electron chi connectivity index (χ2n) is 2.95. The van der Waals surface area contributed by atoms with E-state index in [2.05, 4.69) is 11.9 Å². The topological polar surface area (TPSA) is 43.8 Å². The van der Waals surface area contributed by atoms with E-state index < -0.39 is 0 Å². The standard InChI is InChI=1S/C9H11N3/c1-6-7(2)12(10)9-8(6)4-3-5-11-9/h3-5H,10H2,1-2H3. The summed E-state index contributed by atoms with van der Waals surface area (Å²) in [6, 6.07) is 3.96. The molecule has 3 nitrogen and oxygen atoms in total. The van der Waals surface area contributed by atoms with Gasteiger partial charge in [0.05, 0.1) is 0 Å². The first-order valence-corrected chi connectivity index (χ1v) is 3.89. The third kappa shape index (κ3) is 0.733. The van der Waals surface area contributed by atoms with Gasteiger partial charge in [0.1, 0.15) is 0 Å². The number of rotatable bonds is 0. The highest BCUT2D eigenvalue weighted by molar-refractivity contribution is 5.81. The normalized spacial score (nSPS) is 10.8. The molecular formula is C9H11N3. The summed E-state index contributed by atoms with van der Waals surface area (Å²) < 4.78 is 1.63. The lowest BCUT2D eigenvalue weighted by molar-refractivity contribution is 0.970. The minimum absolute atomic E-state index is 0.854. The summed E-state index contributed by atoms with van der Waals surface area (Å²) in [6.07, 6.45) is 1.75. The van der Waals surface area contributed by atoms with Crippen molar-refractivity contribution in [2.45, 2.75) is 13.8 Å². The van der Waals surface area contributed by atoms with Crippen LogP contribution in [-0.2, 0) is 0 Å². The fourth-order valence-corrected chi connectivity index (χ4v) is 1.42. The highest BCUT2D eigenvalue weighted by Crippen LogP contribution is 2.20. The maximum Gasteiger partial charge on any atom is 0.158 e. The van der Waals surface area contributed by atoms with Crippen molar-refractivity contribution in [1.29, 1.82) is 0 Å². The number of fused-ring (bicyclic) bond motifs is 1. The molecule has 0 saturated carbocycles. The molecule has 0 saturated heterocycles. The van der Waals surface area contributed by atoms with Crippen molar-refractivity contribution >= 4 is 11.0 Å². The van der Waals surface area contributed by atoms with Gasteiger partial charge in [-0.05, 0) is 31.5 Å². The first-order valence-electron chi connectivity index (χ1n) is 3.89. The third-order valence-electron chi connectivity index (χ3n) is 2.32. The Morgan fingerprint density at radius 1 is 1.42 bits per heavy atom. The Bertz CT molecular complexity index is 390. The van der Waals surface area contributed by atoms with Crippen LogP contribution < -0.4 is 5.84 Å². The SMILES string of the molecule is Cc1c(C)n(N)c2ncccc12. The summed E-state index contributed by atoms with van der Waals surface area (Å²) in [5, 5.41) is 1.14. The monoisotopic (exact) mass is 161 g/mol. The van der Waals surface area contributed by atoms with Gasteiger partial charge >= 0.3 is 0 Å². The van der Waals surface area contributed by atoms with E-state index in [1.807, 2.05) is 19.1 Å². The summed E-state index contributed by atoms with van der Waals surface area (Å²) in [7, 11) is 0. The molecule has 62 valence electrons. The predicted octanol–water partition coefficient (Wildman–Crippen LogP) is 1.37. The van der Waals surface area contributed by atoms with Crippen molar-refractivity contribution in [3.8, 4) is 0 Å². The fraction of sp³-hybridized carbons (Fsp3) is 0.222. The lowest BCUT2D eigenvalue weighted by Gasteiger charge is -1.96. The molecule has 2 rings (SSSR count). The Morgan fingerprint density at radius 3 is 2.83 bits per heavy atom. The molecule has 2 aromatic rings. The Balaban J connectivity index is 2.99. The summed E-state index contributed by atoms with van der Waals surface area (Å²) >= 11 is 0. The highest BCUT2D eigenvalue weighted by Gasteiger charge is 2.07. The van der Waals surface area contributed by atoms with E-state index in [0.717, 1.165) is 16.7 Å². The minimum atomic E-state index is 0.854. The van der Waals surface area contributed by atoms with E-state index in [4.69, 9.17) is 5.84 Å². The summed E-state index contributed by atoms with van der Waals surface area (Å²) in [5.41, 5.74) is 3.14. The second kappa shape index (κ2) is 2.24. The van der Waals surface area contributed by atoms with Gasteiger partial charge in [-0.1, -0.05) is 0 Å². The van der Waals surface area contributed by atoms with Crippen LogP contribution in [0, 0.1) is 13.8 Å². The molecule has 2 heterocycles. The van der Waals surface area contributed by atoms with E-state index in [1.165, 1.54) is 5.56 Å². The van der Waals surface area contributed by atoms with Crippen molar-refractivity contribution in [2.24, 2.45) is 0 Å². The van der Waals surface area contributed by atoms with Gasteiger partial charge in [-0.25, -0.2) is 9.66 Å². The van der Waals surface area contributed by atoms with Crippen LogP contribution >= 0.6 is 0 Å². The molecule has 0 atom stereocenters. The van der Waals surface area contributed by atoms with E-state index in [-0.39, 0.29) is 0 Å². The van der Waals surface area contributed by atoms with Crippen LogP contribution in [0.25, 0.3) is 11.0 Å². The molecule has 0 aliphatic carbocycles. The lowest BCUT2D eigenvalue weighted by Crippen LogP contribution is -2.10.